The van der Waals surface area contributed by atoms with Crippen LogP contribution in [0.4, 0.5) is 10.5 Å². The number of methoxy groups -OCH3 is 1. The lowest BCUT2D eigenvalue weighted by Gasteiger charge is -2.12. The lowest BCUT2D eigenvalue weighted by atomic mass is 10.2. The topological polar surface area (TPSA) is 59.6 Å². The third-order valence-corrected chi connectivity index (χ3v) is 3.60. The van der Waals surface area contributed by atoms with Crippen molar-refractivity contribution in [3.63, 3.8) is 0 Å². The standard InChI is InChI=1S/C17H19BrN2O3/c1-12-3-8-16(22-2)15(11-12)20-17(21)19-9-10-23-14-6-4-13(18)5-7-14/h3-8,11H,9-10H2,1-2H3,(H2,19,20,21). The van der Waals surface area contributed by atoms with E-state index in [2.05, 4.69) is 26.6 Å². The normalized spacial score (nSPS) is 10.0. The first-order valence-electron chi connectivity index (χ1n) is 7.16. The molecule has 0 atom stereocenters. The molecule has 0 bridgehead atoms. The molecule has 2 aromatic carbocycles. The number of benzene rings is 2. The summed E-state index contributed by atoms with van der Waals surface area (Å²) in [6, 6.07) is 12.8. The monoisotopic (exact) mass is 378 g/mol. The van der Waals surface area contributed by atoms with Gasteiger partial charge in [0, 0.05) is 4.47 Å². The van der Waals surface area contributed by atoms with Crippen LogP contribution in [0.5, 0.6) is 11.5 Å². The summed E-state index contributed by atoms with van der Waals surface area (Å²) in [4.78, 5) is 11.9. The maximum atomic E-state index is 11.9. The predicted molar refractivity (Wildman–Crippen MR) is 94.4 cm³/mol. The Morgan fingerprint density at radius 2 is 1.91 bits per heavy atom. The zero-order chi connectivity index (χ0) is 16.7. The highest BCUT2D eigenvalue weighted by atomic mass is 79.9. The van der Waals surface area contributed by atoms with E-state index in [1.165, 1.54) is 0 Å². The van der Waals surface area contributed by atoms with Crippen LogP contribution in [0.25, 0.3) is 0 Å². The van der Waals surface area contributed by atoms with Crippen LogP contribution in [-0.2, 0) is 0 Å². The van der Waals surface area contributed by atoms with Crippen LogP contribution < -0.4 is 20.1 Å². The molecule has 0 aliphatic rings. The molecule has 6 heteroatoms. The lowest BCUT2D eigenvalue weighted by Crippen LogP contribution is -2.32. The Labute approximate surface area is 144 Å². The van der Waals surface area contributed by atoms with Crippen molar-refractivity contribution in [3.05, 3.63) is 52.5 Å². The highest BCUT2D eigenvalue weighted by molar-refractivity contribution is 9.10. The van der Waals surface area contributed by atoms with Crippen molar-refractivity contribution in [2.24, 2.45) is 0 Å². The maximum Gasteiger partial charge on any atom is 0.319 e. The summed E-state index contributed by atoms with van der Waals surface area (Å²) in [5.41, 5.74) is 1.68. The molecule has 2 aromatic rings. The number of carbonyl (C=O) groups is 1. The number of halogens is 1. The molecule has 2 rings (SSSR count). The molecular formula is C17H19BrN2O3. The van der Waals surface area contributed by atoms with Gasteiger partial charge < -0.3 is 20.1 Å². The second kappa shape index (κ2) is 8.43. The van der Waals surface area contributed by atoms with Gasteiger partial charge in [0.15, 0.2) is 0 Å². The molecule has 0 saturated carbocycles. The molecule has 0 aromatic heterocycles. The van der Waals surface area contributed by atoms with Crippen molar-refractivity contribution in [2.45, 2.75) is 6.92 Å². The molecule has 2 N–H and O–H groups in total. The van der Waals surface area contributed by atoms with Crippen molar-refractivity contribution in [2.75, 3.05) is 25.6 Å². The second-order valence-corrected chi connectivity index (χ2v) is 5.80. The number of rotatable bonds is 6. The molecule has 122 valence electrons. The van der Waals surface area contributed by atoms with Gasteiger partial charge in [-0.3, -0.25) is 0 Å². The minimum atomic E-state index is -0.298. The maximum absolute atomic E-state index is 11.9. The molecule has 0 unspecified atom stereocenters. The molecule has 2 amide bonds. The summed E-state index contributed by atoms with van der Waals surface area (Å²) in [5.74, 6) is 1.38. The van der Waals surface area contributed by atoms with E-state index in [0.29, 0.717) is 24.6 Å². The predicted octanol–water partition coefficient (Wildman–Crippen LogP) is 3.97. The molecule has 0 fully saturated rings. The van der Waals surface area contributed by atoms with Crippen molar-refractivity contribution < 1.29 is 14.3 Å². The van der Waals surface area contributed by atoms with E-state index >= 15 is 0 Å². The summed E-state index contributed by atoms with van der Waals surface area (Å²) >= 11 is 3.36. The first-order valence-corrected chi connectivity index (χ1v) is 7.95. The number of urea groups is 1. The zero-order valence-electron chi connectivity index (χ0n) is 13.1. The van der Waals surface area contributed by atoms with Gasteiger partial charge in [-0.1, -0.05) is 22.0 Å². The van der Waals surface area contributed by atoms with Crippen LogP contribution in [-0.4, -0.2) is 26.3 Å². The fraction of sp³-hybridized carbons (Fsp3) is 0.235. The molecule has 0 heterocycles. The molecule has 5 nitrogen and oxygen atoms in total. The number of carbonyl (C=O) groups excluding carboxylic acids is 1. The Morgan fingerprint density at radius 1 is 1.17 bits per heavy atom. The van der Waals surface area contributed by atoms with Crippen LogP contribution in [0.1, 0.15) is 5.56 Å². The molecule has 23 heavy (non-hydrogen) atoms. The average Bonchev–Trinajstić information content (AvgIpc) is 2.53. The highest BCUT2D eigenvalue weighted by Gasteiger charge is 2.07. The first-order chi connectivity index (χ1) is 11.1. The largest absolute Gasteiger partial charge is 0.495 e. The first kappa shape index (κ1) is 17.1. The fourth-order valence-corrected chi connectivity index (χ4v) is 2.21. The van der Waals surface area contributed by atoms with Gasteiger partial charge in [0.2, 0.25) is 0 Å². The SMILES string of the molecule is COc1ccc(C)cc1NC(=O)NCCOc1ccc(Br)cc1. The third kappa shape index (κ3) is 5.49. The molecule has 0 saturated heterocycles. The zero-order valence-corrected chi connectivity index (χ0v) is 14.6. The van der Waals surface area contributed by atoms with Crippen LogP contribution >= 0.6 is 15.9 Å². The highest BCUT2D eigenvalue weighted by Crippen LogP contribution is 2.24. The quantitative estimate of drug-likeness (QED) is 0.747. The van der Waals surface area contributed by atoms with Crippen molar-refractivity contribution in [3.8, 4) is 11.5 Å². The van der Waals surface area contributed by atoms with E-state index in [-0.39, 0.29) is 6.03 Å². The number of hydrogen-bond acceptors (Lipinski definition) is 3. The van der Waals surface area contributed by atoms with Crippen LogP contribution in [0.3, 0.4) is 0 Å². The Bertz CT molecular complexity index is 659. The van der Waals surface area contributed by atoms with Gasteiger partial charge >= 0.3 is 6.03 Å². The number of anilines is 1. The van der Waals surface area contributed by atoms with Crippen LogP contribution in [0.15, 0.2) is 46.9 Å². The minimum Gasteiger partial charge on any atom is -0.495 e. The van der Waals surface area contributed by atoms with E-state index in [1.807, 2.05) is 49.4 Å². The van der Waals surface area contributed by atoms with Gasteiger partial charge in [0.05, 0.1) is 19.3 Å². The fourth-order valence-electron chi connectivity index (χ4n) is 1.95. The minimum absolute atomic E-state index is 0.298. The number of aryl methyl sites for hydroxylation is 1. The van der Waals surface area contributed by atoms with Gasteiger partial charge in [-0.2, -0.15) is 0 Å². The van der Waals surface area contributed by atoms with E-state index in [4.69, 9.17) is 9.47 Å². The van der Waals surface area contributed by atoms with Crippen molar-refractivity contribution in [1.82, 2.24) is 5.32 Å². The summed E-state index contributed by atoms with van der Waals surface area (Å²) in [6.07, 6.45) is 0. The summed E-state index contributed by atoms with van der Waals surface area (Å²) < 4.78 is 11.8. The van der Waals surface area contributed by atoms with Gasteiger partial charge in [0.1, 0.15) is 18.1 Å². The Hall–Kier alpha value is -2.21. The van der Waals surface area contributed by atoms with E-state index < -0.39 is 0 Å². The Morgan fingerprint density at radius 3 is 2.61 bits per heavy atom. The van der Waals surface area contributed by atoms with E-state index in [9.17, 15) is 4.79 Å². The summed E-state index contributed by atoms with van der Waals surface area (Å²) in [6.45, 7) is 2.74. The molecular weight excluding hydrogens is 360 g/mol. The second-order valence-electron chi connectivity index (χ2n) is 4.89. The van der Waals surface area contributed by atoms with E-state index in [0.717, 1.165) is 15.8 Å². The Kier molecular flexibility index (Phi) is 6.29. The Balaban J connectivity index is 1.77. The van der Waals surface area contributed by atoms with Gasteiger partial charge in [-0.25, -0.2) is 4.79 Å². The molecule has 0 radical (unpaired) electrons. The number of ether oxygens (including phenoxy) is 2. The molecule has 0 aliphatic heterocycles. The van der Waals surface area contributed by atoms with Gasteiger partial charge in [-0.05, 0) is 48.9 Å². The number of hydrogen-bond donors (Lipinski definition) is 2. The third-order valence-electron chi connectivity index (χ3n) is 3.07. The lowest BCUT2D eigenvalue weighted by molar-refractivity contribution is 0.247. The summed E-state index contributed by atoms with van der Waals surface area (Å²) in [5, 5.41) is 5.52. The van der Waals surface area contributed by atoms with E-state index in [1.54, 1.807) is 7.11 Å². The van der Waals surface area contributed by atoms with Gasteiger partial charge in [0.25, 0.3) is 0 Å². The van der Waals surface area contributed by atoms with Gasteiger partial charge in [-0.15, -0.1) is 0 Å². The summed E-state index contributed by atoms with van der Waals surface area (Å²) in [7, 11) is 1.57. The number of amides is 2. The smallest absolute Gasteiger partial charge is 0.319 e. The van der Waals surface area contributed by atoms with Crippen molar-refractivity contribution in [1.29, 1.82) is 0 Å². The molecule has 0 spiro atoms. The van der Waals surface area contributed by atoms with Crippen LogP contribution in [0.2, 0.25) is 0 Å². The number of nitrogens with one attached hydrogen (secondary N) is 2. The van der Waals surface area contributed by atoms with Crippen LogP contribution in [0, 0.1) is 6.92 Å². The molecule has 0 aliphatic carbocycles. The van der Waals surface area contributed by atoms with Crippen molar-refractivity contribution >= 4 is 27.6 Å². The average molecular weight is 379 g/mol.